The fourth-order valence-corrected chi connectivity index (χ4v) is 4.13. The molecule has 1 aliphatic heterocycles. The summed E-state index contributed by atoms with van der Waals surface area (Å²) in [4.78, 5) is 25.2. The van der Waals surface area contributed by atoms with Crippen molar-refractivity contribution >= 4 is 16.9 Å². The van der Waals surface area contributed by atoms with Crippen LogP contribution in [0.4, 0.5) is 4.39 Å². The highest BCUT2D eigenvalue weighted by molar-refractivity contribution is 6.09. The minimum Gasteiger partial charge on any atom is -0.492 e. The van der Waals surface area contributed by atoms with Gasteiger partial charge in [0, 0.05) is 23.4 Å². The van der Waals surface area contributed by atoms with Crippen molar-refractivity contribution < 1.29 is 13.9 Å². The average Bonchev–Trinajstić information content (AvgIpc) is 3.53. The number of amides is 1. The number of aryl methyl sites for hydroxylation is 1. The molecule has 3 N–H and O–H groups in total. The number of hydrogen-bond acceptors (Lipinski definition) is 5. The monoisotopic (exact) mass is 423 g/mol. The Morgan fingerprint density at radius 2 is 2.03 bits per heavy atom. The summed E-state index contributed by atoms with van der Waals surface area (Å²) in [5, 5.41) is 6.44. The molecule has 7 nitrogen and oxygen atoms in total. The molecule has 0 radical (unpaired) electrons. The minimum absolute atomic E-state index is 0.135. The number of piperidine rings is 1. The van der Waals surface area contributed by atoms with Crippen LogP contribution in [0.1, 0.15) is 41.7 Å². The molecule has 2 aromatic heterocycles. The lowest BCUT2D eigenvalue weighted by molar-refractivity contribution is 0.0930. The molecule has 2 aliphatic rings. The fraction of sp³-hybridized carbons (Fsp3) is 0.435. The summed E-state index contributed by atoms with van der Waals surface area (Å²) in [5.41, 5.74) is 3.75. The number of aromatic nitrogens is 3. The number of carbonyl (C=O) groups is 1. The zero-order chi connectivity index (χ0) is 21.4. The van der Waals surface area contributed by atoms with E-state index in [4.69, 9.17) is 4.74 Å². The normalized spacial score (nSPS) is 17.1. The average molecular weight is 423 g/mol. The molecule has 5 rings (SSSR count). The number of fused-ring (bicyclic) bond motifs is 1. The van der Waals surface area contributed by atoms with Crippen LogP contribution in [0.2, 0.25) is 0 Å². The van der Waals surface area contributed by atoms with Gasteiger partial charge in [-0.25, -0.2) is 14.4 Å². The van der Waals surface area contributed by atoms with Gasteiger partial charge in [0.25, 0.3) is 5.91 Å². The summed E-state index contributed by atoms with van der Waals surface area (Å²) in [6.45, 7) is 4.23. The van der Waals surface area contributed by atoms with Crippen LogP contribution in [0, 0.1) is 18.7 Å². The number of nitrogens with one attached hydrogen (secondary N) is 3. The summed E-state index contributed by atoms with van der Waals surface area (Å²) >= 11 is 0. The van der Waals surface area contributed by atoms with Gasteiger partial charge in [0.05, 0.1) is 17.7 Å². The van der Waals surface area contributed by atoms with Crippen LogP contribution in [0.5, 0.6) is 5.75 Å². The molecule has 8 heteroatoms. The van der Waals surface area contributed by atoms with Crippen LogP contribution < -0.4 is 15.4 Å². The van der Waals surface area contributed by atoms with Gasteiger partial charge < -0.3 is 20.4 Å². The van der Waals surface area contributed by atoms with E-state index in [-0.39, 0.29) is 17.8 Å². The Bertz CT molecular complexity index is 1120. The zero-order valence-electron chi connectivity index (χ0n) is 17.5. The predicted molar refractivity (Wildman–Crippen MR) is 116 cm³/mol. The second kappa shape index (κ2) is 8.26. The molecule has 3 aromatic rings. The van der Waals surface area contributed by atoms with E-state index in [0.29, 0.717) is 46.1 Å². The van der Waals surface area contributed by atoms with Gasteiger partial charge in [-0.15, -0.1) is 0 Å². The van der Waals surface area contributed by atoms with E-state index >= 15 is 0 Å². The molecule has 1 amide bonds. The Balaban J connectivity index is 1.51. The summed E-state index contributed by atoms with van der Waals surface area (Å²) in [6.07, 6.45) is 5.55. The van der Waals surface area contributed by atoms with Gasteiger partial charge in [0.15, 0.2) is 0 Å². The van der Waals surface area contributed by atoms with Crippen molar-refractivity contribution in [2.45, 2.75) is 38.6 Å². The molecule has 1 saturated carbocycles. The van der Waals surface area contributed by atoms with Crippen LogP contribution >= 0.6 is 0 Å². The lowest BCUT2D eigenvalue weighted by atomic mass is 10.1. The van der Waals surface area contributed by atoms with Crippen LogP contribution in [-0.4, -0.2) is 46.6 Å². The standard InChI is InChI=1S/C23H26FN5O2/c1-13-19(23(30)29-16-6-8-25-9-7-16)21-22(28-13)20(26-12-27-21)17-5-4-15(24)10-18(17)31-11-14-2-3-14/h4-5,10,12,14,16,25,28H,2-3,6-9,11H2,1H3,(H,29,30). The summed E-state index contributed by atoms with van der Waals surface area (Å²) in [7, 11) is 0. The molecule has 1 aliphatic carbocycles. The van der Waals surface area contributed by atoms with Crippen molar-refractivity contribution in [3.8, 4) is 17.0 Å². The highest BCUT2D eigenvalue weighted by Gasteiger charge is 2.25. The third kappa shape index (κ3) is 4.12. The van der Waals surface area contributed by atoms with Crippen LogP contribution in [-0.2, 0) is 0 Å². The van der Waals surface area contributed by atoms with Crippen LogP contribution in [0.15, 0.2) is 24.5 Å². The van der Waals surface area contributed by atoms with Crippen LogP contribution in [0.25, 0.3) is 22.3 Å². The first-order chi connectivity index (χ1) is 15.1. The quantitative estimate of drug-likeness (QED) is 0.566. The Hall–Kier alpha value is -3.00. The molecule has 31 heavy (non-hydrogen) atoms. The van der Waals surface area contributed by atoms with Crippen molar-refractivity contribution in [1.82, 2.24) is 25.6 Å². The SMILES string of the molecule is Cc1[nH]c2c(-c3ccc(F)cc3OCC3CC3)ncnc2c1C(=O)NC1CCNCC1. The molecule has 0 spiro atoms. The Labute approximate surface area is 179 Å². The number of aromatic amines is 1. The van der Waals surface area contributed by atoms with Crippen molar-refractivity contribution in [1.29, 1.82) is 0 Å². The number of H-pyrrole nitrogens is 1. The van der Waals surface area contributed by atoms with E-state index in [9.17, 15) is 9.18 Å². The smallest absolute Gasteiger partial charge is 0.255 e. The molecule has 0 bridgehead atoms. The maximum absolute atomic E-state index is 13.9. The molecule has 0 atom stereocenters. The summed E-state index contributed by atoms with van der Waals surface area (Å²) in [5.74, 6) is 0.508. The molecule has 1 aromatic carbocycles. The van der Waals surface area contributed by atoms with Gasteiger partial charge in [0.2, 0.25) is 0 Å². The molecule has 2 fully saturated rings. The van der Waals surface area contributed by atoms with Crippen molar-refractivity contribution in [3.63, 3.8) is 0 Å². The van der Waals surface area contributed by atoms with Crippen molar-refractivity contribution in [2.75, 3.05) is 19.7 Å². The predicted octanol–water partition coefficient (Wildman–Crippen LogP) is 3.34. The number of ether oxygens (including phenoxy) is 1. The van der Waals surface area contributed by atoms with E-state index in [1.165, 1.54) is 18.5 Å². The van der Waals surface area contributed by atoms with Gasteiger partial charge in [-0.05, 0) is 63.7 Å². The number of hydrogen-bond donors (Lipinski definition) is 3. The van der Waals surface area contributed by atoms with E-state index in [2.05, 4.69) is 25.6 Å². The van der Waals surface area contributed by atoms with Gasteiger partial charge in [-0.2, -0.15) is 0 Å². The van der Waals surface area contributed by atoms with Gasteiger partial charge in [0.1, 0.15) is 29.1 Å². The highest BCUT2D eigenvalue weighted by atomic mass is 19.1. The zero-order valence-corrected chi connectivity index (χ0v) is 17.5. The first kappa shape index (κ1) is 19.9. The highest BCUT2D eigenvalue weighted by Crippen LogP contribution is 2.36. The molecule has 0 unspecified atom stereocenters. The lowest BCUT2D eigenvalue weighted by Crippen LogP contribution is -2.42. The first-order valence-electron chi connectivity index (χ1n) is 10.9. The Morgan fingerprint density at radius 3 is 2.81 bits per heavy atom. The van der Waals surface area contributed by atoms with E-state index in [0.717, 1.165) is 44.5 Å². The molecular weight excluding hydrogens is 397 g/mol. The Morgan fingerprint density at radius 1 is 1.23 bits per heavy atom. The first-order valence-corrected chi connectivity index (χ1v) is 10.9. The van der Waals surface area contributed by atoms with Crippen molar-refractivity contribution in [3.05, 3.63) is 41.6 Å². The van der Waals surface area contributed by atoms with Gasteiger partial charge >= 0.3 is 0 Å². The molecule has 1 saturated heterocycles. The van der Waals surface area contributed by atoms with Crippen molar-refractivity contribution in [2.24, 2.45) is 5.92 Å². The number of nitrogens with zero attached hydrogens (tertiary/aromatic N) is 2. The minimum atomic E-state index is -0.357. The lowest BCUT2D eigenvalue weighted by Gasteiger charge is -2.23. The number of carbonyl (C=O) groups excluding carboxylic acids is 1. The van der Waals surface area contributed by atoms with E-state index in [1.807, 2.05) is 6.92 Å². The summed E-state index contributed by atoms with van der Waals surface area (Å²) < 4.78 is 19.9. The maximum Gasteiger partial charge on any atom is 0.255 e. The molecule has 3 heterocycles. The Kier molecular flexibility index (Phi) is 5.31. The topological polar surface area (TPSA) is 91.9 Å². The largest absolute Gasteiger partial charge is 0.492 e. The fourth-order valence-electron chi connectivity index (χ4n) is 4.13. The van der Waals surface area contributed by atoms with Crippen LogP contribution in [0.3, 0.4) is 0 Å². The van der Waals surface area contributed by atoms with E-state index < -0.39 is 0 Å². The van der Waals surface area contributed by atoms with E-state index in [1.54, 1.807) is 6.07 Å². The maximum atomic E-state index is 13.9. The third-order valence-corrected chi connectivity index (χ3v) is 6.04. The number of halogens is 1. The summed E-state index contributed by atoms with van der Waals surface area (Å²) in [6, 6.07) is 4.61. The second-order valence-electron chi connectivity index (χ2n) is 8.46. The molecular formula is C23H26FN5O2. The molecule has 162 valence electrons. The van der Waals surface area contributed by atoms with Gasteiger partial charge in [-0.1, -0.05) is 0 Å². The second-order valence-corrected chi connectivity index (χ2v) is 8.46. The van der Waals surface area contributed by atoms with Gasteiger partial charge in [-0.3, -0.25) is 4.79 Å². The number of benzene rings is 1. The third-order valence-electron chi connectivity index (χ3n) is 6.04. The number of rotatable bonds is 6.